The van der Waals surface area contributed by atoms with Crippen LogP contribution >= 0.6 is 0 Å². The summed E-state index contributed by atoms with van der Waals surface area (Å²) in [5.74, 6) is 0.0759. The SMILES string of the molecule is C[C@H](NC(=O)CCc1nc2cccnc2n1Cc1ccc(OC(F)(F)F)cc1)[C@H](O)c1ccccc1. The van der Waals surface area contributed by atoms with Crippen LogP contribution in [-0.2, 0) is 17.8 Å². The molecule has 4 rings (SSSR count). The number of aliphatic hydroxyl groups is 1. The van der Waals surface area contributed by atoms with Gasteiger partial charge in [-0.15, -0.1) is 13.2 Å². The van der Waals surface area contributed by atoms with Gasteiger partial charge in [0.1, 0.15) is 17.1 Å². The largest absolute Gasteiger partial charge is 0.573 e. The number of carbonyl (C=O) groups excluding carboxylic acids is 1. The summed E-state index contributed by atoms with van der Waals surface area (Å²) in [5, 5.41) is 13.3. The summed E-state index contributed by atoms with van der Waals surface area (Å²) in [5.41, 5.74) is 2.69. The predicted molar refractivity (Wildman–Crippen MR) is 127 cm³/mol. The Balaban J connectivity index is 1.44. The molecule has 0 fully saturated rings. The van der Waals surface area contributed by atoms with Crippen LogP contribution in [0.2, 0.25) is 0 Å². The number of carbonyl (C=O) groups is 1. The number of hydrogen-bond acceptors (Lipinski definition) is 5. The molecule has 10 heteroatoms. The molecular weight excluding hydrogens is 473 g/mol. The van der Waals surface area contributed by atoms with Gasteiger partial charge in [-0.2, -0.15) is 0 Å². The summed E-state index contributed by atoms with van der Waals surface area (Å²) in [6, 6.07) is 17.7. The van der Waals surface area contributed by atoms with E-state index < -0.39 is 18.5 Å². The van der Waals surface area contributed by atoms with Crippen LogP contribution in [0.3, 0.4) is 0 Å². The fraction of sp³-hybridized carbons (Fsp3) is 0.269. The molecule has 2 N–H and O–H groups in total. The van der Waals surface area contributed by atoms with Gasteiger partial charge in [0.15, 0.2) is 5.65 Å². The number of alkyl halides is 3. The fourth-order valence-corrected chi connectivity index (χ4v) is 3.91. The normalized spacial score (nSPS) is 13.4. The molecule has 0 saturated carbocycles. The van der Waals surface area contributed by atoms with Crippen molar-refractivity contribution in [1.29, 1.82) is 0 Å². The topological polar surface area (TPSA) is 89.3 Å². The minimum absolute atomic E-state index is 0.132. The molecule has 0 unspecified atom stereocenters. The Morgan fingerprint density at radius 3 is 2.50 bits per heavy atom. The van der Waals surface area contributed by atoms with Gasteiger partial charge in [0, 0.05) is 19.0 Å². The van der Waals surface area contributed by atoms with Gasteiger partial charge in [-0.1, -0.05) is 42.5 Å². The van der Waals surface area contributed by atoms with Crippen molar-refractivity contribution in [2.45, 2.75) is 44.8 Å². The second-order valence-electron chi connectivity index (χ2n) is 8.36. The van der Waals surface area contributed by atoms with Crippen molar-refractivity contribution in [3.8, 4) is 5.75 Å². The van der Waals surface area contributed by atoms with Crippen molar-refractivity contribution in [3.63, 3.8) is 0 Å². The fourth-order valence-electron chi connectivity index (χ4n) is 3.91. The molecule has 36 heavy (non-hydrogen) atoms. The van der Waals surface area contributed by atoms with Gasteiger partial charge in [-0.05, 0) is 42.3 Å². The van der Waals surface area contributed by atoms with Crippen LogP contribution < -0.4 is 10.1 Å². The molecule has 0 aliphatic carbocycles. The molecule has 188 valence electrons. The highest BCUT2D eigenvalue weighted by atomic mass is 19.4. The van der Waals surface area contributed by atoms with Crippen molar-refractivity contribution in [1.82, 2.24) is 19.9 Å². The van der Waals surface area contributed by atoms with Crippen LogP contribution in [0.4, 0.5) is 13.2 Å². The molecule has 1 amide bonds. The summed E-state index contributed by atoms with van der Waals surface area (Å²) in [7, 11) is 0. The maximum Gasteiger partial charge on any atom is 0.573 e. The monoisotopic (exact) mass is 498 g/mol. The number of amides is 1. The first kappa shape index (κ1) is 25.2. The standard InChI is InChI=1S/C26H25F3N4O3/c1-17(24(35)19-6-3-2-4-7-19)31-23(34)14-13-22-32-21-8-5-15-30-25(21)33(22)16-18-9-11-20(12-10-18)36-26(27,28)29/h2-12,15,17,24,35H,13-14,16H2,1H3,(H,31,34)/t17-,24-/m0/s1. The lowest BCUT2D eigenvalue weighted by molar-refractivity contribution is -0.274. The van der Waals surface area contributed by atoms with Crippen molar-refractivity contribution >= 4 is 17.1 Å². The second-order valence-corrected chi connectivity index (χ2v) is 8.36. The zero-order valence-electron chi connectivity index (χ0n) is 19.4. The summed E-state index contributed by atoms with van der Waals surface area (Å²) in [6.45, 7) is 2.04. The molecule has 0 bridgehead atoms. The molecule has 2 aromatic heterocycles. The quantitative estimate of drug-likeness (QED) is 0.354. The maximum absolute atomic E-state index is 12.6. The number of rotatable bonds is 9. The second kappa shape index (κ2) is 10.8. The van der Waals surface area contributed by atoms with Gasteiger partial charge >= 0.3 is 6.36 Å². The van der Waals surface area contributed by atoms with Crippen LogP contribution in [0.5, 0.6) is 5.75 Å². The van der Waals surface area contributed by atoms with Gasteiger partial charge in [0.25, 0.3) is 0 Å². The molecule has 0 aliphatic heterocycles. The van der Waals surface area contributed by atoms with E-state index in [4.69, 9.17) is 0 Å². The van der Waals surface area contributed by atoms with E-state index in [1.807, 2.05) is 22.8 Å². The van der Waals surface area contributed by atoms with E-state index in [-0.39, 0.29) is 18.1 Å². The van der Waals surface area contributed by atoms with Crippen LogP contribution in [-0.4, -0.2) is 38.0 Å². The summed E-state index contributed by atoms with van der Waals surface area (Å²) in [6.07, 6.45) is -3.52. The zero-order chi connectivity index (χ0) is 25.7. The molecule has 2 heterocycles. The van der Waals surface area contributed by atoms with E-state index in [9.17, 15) is 23.1 Å². The zero-order valence-corrected chi connectivity index (χ0v) is 19.4. The number of ether oxygens (including phenoxy) is 1. The Morgan fingerprint density at radius 1 is 1.08 bits per heavy atom. The molecular formula is C26H25F3N4O3. The molecule has 2 atom stereocenters. The number of pyridine rings is 1. The molecule has 2 aromatic carbocycles. The minimum atomic E-state index is -4.76. The Bertz CT molecular complexity index is 1310. The molecule has 0 aliphatic rings. The van der Waals surface area contributed by atoms with Gasteiger partial charge in [0.05, 0.1) is 18.7 Å². The third-order valence-electron chi connectivity index (χ3n) is 5.66. The first-order valence-corrected chi connectivity index (χ1v) is 11.4. The number of nitrogens with one attached hydrogen (secondary N) is 1. The number of aryl methyl sites for hydroxylation is 1. The Labute approximate surface area is 205 Å². The van der Waals surface area contributed by atoms with Crippen molar-refractivity contribution < 1.29 is 27.8 Å². The number of benzene rings is 2. The molecule has 4 aromatic rings. The van der Waals surface area contributed by atoms with Gasteiger partial charge in [-0.3, -0.25) is 4.79 Å². The number of hydrogen-bond donors (Lipinski definition) is 2. The molecule has 0 spiro atoms. The van der Waals surface area contributed by atoms with Crippen LogP contribution in [0.1, 0.15) is 36.4 Å². The van der Waals surface area contributed by atoms with E-state index in [0.717, 1.165) is 5.56 Å². The molecule has 0 saturated heterocycles. The number of aromatic nitrogens is 3. The Morgan fingerprint density at radius 2 is 1.81 bits per heavy atom. The van der Waals surface area contributed by atoms with Gasteiger partial charge < -0.3 is 19.7 Å². The highest BCUT2D eigenvalue weighted by Crippen LogP contribution is 2.24. The Kier molecular flexibility index (Phi) is 7.54. The summed E-state index contributed by atoms with van der Waals surface area (Å²) >= 11 is 0. The van der Waals surface area contributed by atoms with Crippen LogP contribution in [0.15, 0.2) is 72.9 Å². The number of imidazole rings is 1. The number of fused-ring (bicyclic) bond motifs is 1. The third-order valence-corrected chi connectivity index (χ3v) is 5.66. The van der Waals surface area contributed by atoms with E-state index in [0.29, 0.717) is 35.5 Å². The number of aliphatic hydroxyl groups excluding tert-OH is 1. The highest BCUT2D eigenvalue weighted by molar-refractivity contribution is 5.77. The minimum Gasteiger partial charge on any atom is -0.406 e. The highest BCUT2D eigenvalue weighted by Gasteiger charge is 2.31. The average molecular weight is 499 g/mol. The number of nitrogens with zero attached hydrogens (tertiary/aromatic N) is 3. The van der Waals surface area contributed by atoms with E-state index in [1.54, 1.807) is 49.5 Å². The van der Waals surface area contributed by atoms with Crippen molar-refractivity contribution in [3.05, 3.63) is 89.9 Å². The third kappa shape index (κ3) is 6.39. The maximum atomic E-state index is 12.6. The van der Waals surface area contributed by atoms with E-state index in [2.05, 4.69) is 20.0 Å². The lowest BCUT2D eigenvalue weighted by Gasteiger charge is -2.20. The summed E-state index contributed by atoms with van der Waals surface area (Å²) in [4.78, 5) is 21.6. The van der Waals surface area contributed by atoms with Crippen molar-refractivity contribution in [2.75, 3.05) is 0 Å². The summed E-state index contributed by atoms with van der Waals surface area (Å²) < 4.78 is 43.1. The molecule has 7 nitrogen and oxygen atoms in total. The lowest BCUT2D eigenvalue weighted by atomic mass is 10.0. The van der Waals surface area contributed by atoms with Crippen LogP contribution in [0, 0.1) is 0 Å². The van der Waals surface area contributed by atoms with Gasteiger partial charge in [0.2, 0.25) is 5.91 Å². The predicted octanol–water partition coefficient (Wildman–Crippen LogP) is 4.55. The van der Waals surface area contributed by atoms with Crippen LogP contribution in [0.25, 0.3) is 11.2 Å². The average Bonchev–Trinajstić information content (AvgIpc) is 3.20. The lowest BCUT2D eigenvalue weighted by Crippen LogP contribution is -2.37. The van der Waals surface area contributed by atoms with Crippen molar-refractivity contribution in [2.24, 2.45) is 0 Å². The Hall–Kier alpha value is -3.92. The number of halogens is 3. The van der Waals surface area contributed by atoms with E-state index >= 15 is 0 Å². The first-order chi connectivity index (χ1) is 17.2. The molecule has 0 radical (unpaired) electrons. The van der Waals surface area contributed by atoms with E-state index in [1.165, 1.54) is 12.1 Å². The smallest absolute Gasteiger partial charge is 0.406 e. The first-order valence-electron chi connectivity index (χ1n) is 11.4. The van der Waals surface area contributed by atoms with Gasteiger partial charge in [-0.25, -0.2) is 9.97 Å².